The summed E-state index contributed by atoms with van der Waals surface area (Å²) in [5.41, 5.74) is 4.67. The summed E-state index contributed by atoms with van der Waals surface area (Å²) in [6.07, 6.45) is -0.439. The number of aliphatic hydroxyl groups is 3. The van der Waals surface area contributed by atoms with Gasteiger partial charge in [0.2, 0.25) is 23.6 Å². The molecule has 3 aliphatic heterocycles. The number of nitrogens with zero attached hydrogens (tertiary/aromatic N) is 7. The standard InChI is InChI=1S/C76H90N12O18S/c1-41(2)60(83-57(90)32-87-58(91)21-22-59(87)92)68(98)79-42(3)66(96)80-47-17-15-46(45(29-47)16-19-53-62(93)63(94)64(95)65(106-53)70(101)102)33-104-72(103)85(26-24-56(89)77-7)27-28-105-76-37-73(5)34-74(6,38-76)36-75(35-73,39-76)40-88-43(4)50(30-78-88)48-18-20-55(82-61(48)69(99)100)86-25-23-44-11-10-12-49(51(44)31-86)67(97)84-71-81-52-13-8-9-14-54(52)107-71/h8-15,17-18,20-22,29-30,41-42,53,60,62-65,93-95H,16,19,23-28,31-40H2,1-7H3,(H,77,89)(H,79,98)(H,80,96)(H,83,90)(H,99,100)(H,101,102)(H,81,84,97)/t42-,53-,60-,62-,63+,64-,65-,73?,74?,75?,76?/m0/s1. The van der Waals surface area contributed by atoms with Gasteiger partial charge in [-0.2, -0.15) is 5.10 Å². The summed E-state index contributed by atoms with van der Waals surface area (Å²) in [5, 5.41) is 71.6. The number of amides is 8. The van der Waals surface area contributed by atoms with Gasteiger partial charge in [-0.1, -0.05) is 69.4 Å². The van der Waals surface area contributed by atoms with Crippen molar-refractivity contribution in [3.8, 4) is 11.1 Å². The lowest BCUT2D eigenvalue weighted by atomic mass is 9.39. The summed E-state index contributed by atoms with van der Waals surface area (Å²) in [7, 11) is 1.48. The van der Waals surface area contributed by atoms with E-state index in [-0.39, 0.29) is 85.0 Å². The van der Waals surface area contributed by atoms with E-state index in [1.807, 2.05) is 59.0 Å². The number of aromatic nitrogens is 4. The van der Waals surface area contributed by atoms with Crippen LogP contribution in [-0.4, -0.2) is 203 Å². The zero-order valence-electron chi connectivity index (χ0n) is 60.6. The van der Waals surface area contributed by atoms with Crippen LogP contribution in [0.2, 0.25) is 0 Å². The third kappa shape index (κ3) is 16.7. The van der Waals surface area contributed by atoms with Crippen LogP contribution in [0.5, 0.6) is 0 Å². The van der Waals surface area contributed by atoms with Crippen LogP contribution in [0.3, 0.4) is 0 Å². The second kappa shape index (κ2) is 31.0. The average Bonchev–Trinajstić information content (AvgIpc) is 0.955. The van der Waals surface area contributed by atoms with Gasteiger partial charge in [-0.05, 0) is 159 Å². The topological polar surface area (TPSA) is 413 Å². The van der Waals surface area contributed by atoms with Crippen LogP contribution in [0, 0.1) is 29.1 Å². The highest BCUT2D eigenvalue weighted by Gasteiger charge is 2.66. The molecule has 31 heteroatoms. The number of para-hydroxylation sites is 1. The zero-order valence-corrected chi connectivity index (χ0v) is 61.4. The van der Waals surface area contributed by atoms with Crippen LogP contribution >= 0.6 is 11.3 Å². The molecule has 0 radical (unpaired) electrons. The number of rotatable bonds is 28. The second-order valence-corrected chi connectivity index (χ2v) is 31.5. The fraction of sp³-hybridized carbons (Fsp3) is 0.487. The van der Waals surface area contributed by atoms with Crippen molar-refractivity contribution in [2.75, 3.05) is 55.4 Å². The van der Waals surface area contributed by atoms with E-state index in [1.54, 1.807) is 38.2 Å². The summed E-state index contributed by atoms with van der Waals surface area (Å²) in [5.74, 6) is -7.03. The van der Waals surface area contributed by atoms with Gasteiger partial charge in [0.05, 0.1) is 34.7 Å². The van der Waals surface area contributed by atoms with E-state index in [0.29, 0.717) is 76.1 Å². The number of aromatic carboxylic acids is 1. The quantitative estimate of drug-likeness (QED) is 0.0265. The predicted octanol–water partition coefficient (Wildman–Crippen LogP) is 5.66. The summed E-state index contributed by atoms with van der Waals surface area (Å²) < 4.78 is 21.6. The van der Waals surface area contributed by atoms with Gasteiger partial charge >= 0.3 is 18.0 Å². The molecule has 568 valence electrons. The van der Waals surface area contributed by atoms with E-state index >= 15 is 0 Å². The fourth-order valence-corrected chi connectivity index (χ4v) is 18.4. The molecule has 6 heterocycles. The molecule has 30 nitrogen and oxygen atoms in total. The number of carbonyl (C=O) groups excluding carboxylic acids is 8. The number of imide groups is 1. The Kier molecular flexibility index (Phi) is 22.2. The van der Waals surface area contributed by atoms with Crippen LogP contribution in [0.25, 0.3) is 21.3 Å². The average molecular weight is 1490 g/mol. The first-order chi connectivity index (χ1) is 50.8. The number of nitrogens with one attached hydrogen (secondary N) is 5. The number of carbonyl (C=O) groups is 10. The van der Waals surface area contributed by atoms with Crippen molar-refractivity contribution < 1.29 is 87.7 Å². The van der Waals surface area contributed by atoms with Gasteiger partial charge in [0, 0.05) is 86.4 Å². The van der Waals surface area contributed by atoms with E-state index in [4.69, 9.17) is 24.3 Å². The van der Waals surface area contributed by atoms with E-state index in [0.717, 1.165) is 71.3 Å². The predicted molar refractivity (Wildman–Crippen MR) is 389 cm³/mol. The number of benzene rings is 3. The number of pyridine rings is 1. The molecule has 4 bridgehead atoms. The molecular formula is C76H90N12O18S. The number of anilines is 3. The largest absolute Gasteiger partial charge is 0.479 e. The van der Waals surface area contributed by atoms with Crippen molar-refractivity contribution in [1.82, 2.24) is 45.5 Å². The number of aliphatic carboxylic acids is 1. The molecule has 7 aliphatic rings. The minimum Gasteiger partial charge on any atom is -0.479 e. The Balaban J connectivity index is 0.715. The summed E-state index contributed by atoms with van der Waals surface area (Å²) >= 11 is 1.39. The lowest BCUT2D eigenvalue weighted by Gasteiger charge is -2.69. The molecule has 3 aromatic heterocycles. The van der Waals surface area contributed by atoms with Crippen LogP contribution in [0.15, 0.2) is 91.1 Å². The molecule has 3 aromatic carbocycles. The number of ether oxygens (including phenoxy) is 3. The summed E-state index contributed by atoms with van der Waals surface area (Å²) in [4.78, 5) is 144. The van der Waals surface area contributed by atoms with Gasteiger partial charge < -0.3 is 70.8 Å². The van der Waals surface area contributed by atoms with Crippen molar-refractivity contribution in [3.05, 3.63) is 130 Å². The Hall–Kier alpha value is -10.0. The maximum Gasteiger partial charge on any atom is 0.410 e. The monoisotopic (exact) mass is 1490 g/mol. The molecule has 1 saturated heterocycles. The minimum atomic E-state index is -1.94. The van der Waals surface area contributed by atoms with Crippen molar-refractivity contribution in [2.24, 2.45) is 22.2 Å². The van der Waals surface area contributed by atoms with Gasteiger partial charge in [0.1, 0.15) is 49.4 Å². The first-order valence-electron chi connectivity index (χ1n) is 35.9. The molecule has 4 saturated carbocycles. The number of hydrogen-bond acceptors (Lipinski definition) is 21. The highest BCUT2D eigenvalue weighted by molar-refractivity contribution is 7.22. The third-order valence-electron chi connectivity index (χ3n) is 21.6. The van der Waals surface area contributed by atoms with Crippen molar-refractivity contribution >= 4 is 97.6 Å². The Morgan fingerprint density at radius 2 is 1.52 bits per heavy atom. The fourth-order valence-electron chi connectivity index (χ4n) is 17.6. The first-order valence-corrected chi connectivity index (χ1v) is 36.7. The third-order valence-corrected chi connectivity index (χ3v) is 22.5. The van der Waals surface area contributed by atoms with E-state index in [1.165, 1.54) is 42.3 Å². The molecule has 13 rings (SSSR count). The highest BCUT2D eigenvalue weighted by Crippen LogP contribution is 2.72. The molecule has 2 unspecified atom stereocenters. The van der Waals surface area contributed by atoms with E-state index in [2.05, 4.69) is 45.4 Å². The van der Waals surface area contributed by atoms with Crippen molar-refractivity contribution in [2.45, 2.75) is 174 Å². The van der Waals surface area contributed by atoms with Crippen LogP contribution in [-0.2, 0) is 80.3 Å². The normalized spacial score (nSPS) is 24.8. The number of hydrogen-bond donors (Lipinski definition) is 10. The molecule has 10 N–H and O–H groups in total. The zero-order chi connectivity index (χ0) is 76.6. The van der Waals surface area contributed by atoms with Crippen molar-refractivity contribution in [1.29, 1.82) is 0 Å². The molecule has 8 amide bonds. The van der Waals surface area contributed by atoms with Crippen LogP contribution < -0.4 is 31.5 Å². The van der Waals surface area contributed by atoms with Gasteiger partial charge in [-0.3, -0.25) is 48.5 Å². The Morgan fingerprint density at radius 3 is 2.22 bits per heavy atom. The molecular weight excluding hydrogens is 1400 g/mol. The molecule has 9 atom stereocenters. The maximum absolute atomic E-state index is 14.5. The Morgan fingerprint density at radius 1 is 0.785 bits per heavy atom. The van der Waals surface area contributed by atoms with Gasteiger partial charge in [-0.15, -0.1) is 0 Å². The highest BCUT2D eigenvalue weighted by atomic mass is 32.1. The molecule has 5 fully saturated rings. The summed E-state index contributed by atoms with van der Waals surface area (Å²) in [6, 6.07) is 19.2. The minimum absolute atomic E-state index is 0.0262. The lowest BCUT2D eigenvalue weighted by molar-refractivity contribution is -0.248. The SMILES string of the molecule is CNC(=O)CCN(CCOC12CC3(C)CC(C)(CC(Cn4ncc(-c5ccc(N6CCc7cccc(C(=O)Nc8nc9ccccc9s8)c7C6)nc5C(=O)O)c4C)(C3)C1)C2)C(=O)OCc1ccc(NC(=O)[C@H](C)NC(=O)[C@@H](NC(=O)CN2C(=O)C=CC2=O)C(C)C)cc1CC[C@@H]1O[C@H](C(=O)O)[C@@H](O)[C@H](O)[C@H]1O. The lowest BCUT2D eigenvalue weighted by Crippen LogP contribution is -2.64. The van der Waals surface area contributed by atoms with Crippen LogP contribution in [0.4, 0.5) is 21.4 Å². The Bertz CT molecular complexity index is 4470. The van der Waals surface area contributed by atoms with E-state index < -0.39 is 108 Å². The smallest absolute Gasteiger partial charge is 0.410 e. The van der Waals surface area contributed by atoms with E-state index in [9.17, 15) is 73.5 Å². The molecule has 0 spiro atoms. The molecule has 4 aliphatic carbocycles. The first kappa shape index (κ1) is 76.6. The number of aliphatic hydroxyl groups excluding tert-OH is 3. The van der Waals surface area contributed by atoms with Crippen molar-refractivity contribution in [3.63, 3.8) is 0 Å². The molecule has 107 heavy (non-hydrogen) atoms. The second-order valence-electron chi connectivity index (χ2n) is 30.4. The number of carboxylic acids is 2. The van der Waals surface area contributed by atoms with Gasteiger partial charge in [0.15, 0.2) is 16.9 Å². The number of aryl methyl sites for hydroxylation is 1. The Labute approximate surface area is 620 Å². The number of thiazole rings is 1. The number of carboxylic acid groups (broad SMARTS) is 2. The van der Waals surface area contributed by atoms with Gasteiger partial charge in [-0.25, -0.2) is 24.4 Å². The van der Waals surface area contributed by atoms with Crippen LogP contribution in [0.1, 0.15) is 135 Å². The maximum atomic E-state index is 14.5. The number of fused-ring (bicyclic) bond motifs is 2. The van der Waals surface area contributed by atoms with Gasteiger partial charge in [0.25, 0.3) is 17.7 Å². The summed E-state index contributed by atoms with van der Waals surface area (Å²) in [6.45, 7) is 11.7. The molecule has 6 aromatic rings.